The summed E-state index contributed by atoms with van der Waals surface area (Å²) in [6.45, 7) is 4.61. The zero-order chi connectivity index (χ0) is 16.9. The Bertz CT molecular complexity index is 911. The number of rotatable bonds is 2. The Morgan fingerprint density at radius 2 is 1.67 bits per heavy atom. The van der Waals surface area contributed by atoms with Crippen molar-refractivity contribution in [2.75, 3.05) is 0 Å². The quantitative estimate of drug-likeness (QED) is 0.419. The van der Waals surface area contributed by atoms with Crippen molar-refractivity contribution in [3.05, 3.63) is 76.9 Å². The summed E-state index contributed by atoms with van der Waals surface area (Å²) < 4.78 is 0.605. The molecule has 0 spiro atoms. The molecular weight excluding hydrogens is 396 g/mol. The van der Waals surface area contributed by atoms with Crippen molar-refractivity contribution in [2.45, 2.75) is 28.9 Å². The third kappa shape index (κ3) is 2.22. The van der Waals surface area contributed by atoms with E-state index in [1.807, 2.05) is 12.1 Å². The van der Waals surface area contributed by atoms with Gasteiger partial charge in [-0.05, 0) is 0 Å². The number of benzene rings is 2. The van der Waals surface area contributed by atoms with Gasteiger partial charge < -0.3 is 0 Å². The van der Waals surface area contributed by atoms with E-state index in [2.05, 4.69) is 62.4 Å². The van der Waals surface area contributed by atoms with Gasteiger partial charge >= 0.3 is 155 Å². The maximum atomic E-state index is 9.04. The Morgan fingerprint density at radius 1 is 1.00 bits per heavy atom. The van der Waals surface area contributed by atoms with E-state index >= 15 is 0 Å². The van der Waals surface area contributed by atoms with Gasteiger partial charge in [-0.1, -0.05) is 0 Å². The average molecular weight is 414 g/mol. The molecule has 4 rings (SSSR count). The summed E-state index contributed by atoms with van der Waals surface area (Å²) in [5, 5.41) is 10.4. The van der Waals surface area contributed by atoms with E-state index in [1.54, 1.807) is 5.57 Å². The fourth-order valence-electron chi connectivity index (χ4n) is 3.95. The third-order valence-corrected chi connectivity index (χ3v) is 18.1. The van der Waals surface area contributed by atoms with Crippen molar-refractivity contribution < 1.29 is 0 Å². The zero-order valence-corrected chi connectivity index (χ0v) is 17.1. The van der Waals surface area contributed by atoms with Crippen LogP contribution in [-0.2, 0) is 11.8 Å². The Hall–Kier alpha value is -1.16. The zero-order valence-electron chi connectivity index (χ0n) is 13.6. The first-order chi connectivity index (χ1) is 11.6. The second-order valence-electron chi connectivity index (χ2n) is 6.50. The second-order valence-corrected chi connectivity index (χ2v) is 14.7. The Morgan fingerprint density at radius 3 is 2.29 bits per heavy atom. The van der Waals surface area contributed by atoms with E-state index < -0.39 is 6.04 Å². The number of nitrogens with zero attached hydrogens (tertiary/aromatic N) is 1. The van der Waals surface area contributed by atoms with E-state index in [9.17, 15) is 0 Å². The Balaban J connectivity index is 1.81. The molecule has 2 bridgehead atoms. The summed E-state index contributed by atoms with van der Waals surface area (Å²) in [4.78, 5) is 0.560. The van der Waals surface area contributed by atoms with E-state index in [4.69, 9.17) is 17.1 Å². The van der Waals surface area contributed by atoms with Crippen LogP contribution in [0.15, 0.2) is 65.7 Å². The van der Waals surface area contributed by atoms with Crippen molar-refractivity contribution in [3.63, 3.8) is 0 Å². The van der Waals surface area contributed by atoms with Crippen molar-refractivity contribution in [1.82, 2.24) is 0 Å². The van der Waals surface area contributed by atoms with Gasteiger partial charge in [0, 0.05) is 0 Å². The molecule has 0 saturated carbocycles. The molecule has 24 heavy (non-hydrogen) atoms. The first-order valence-electron chi connectivity index (χ1n) is 8.05. The molecule has 2 heterocycles. The SMILES string of the molecule is CC1=C(C)[C@@H]2[C@H](c3ccc(C#N)cc3)[Se][C@H]1P2(=S)c1ccccc1. The molecule has 1 fully saturated rings. The van der Waals surface area contributed by atoms with Crippen molar-refractivity contribution >= 4 is 38.1 Å². The van der Waals surface area contributed by atoms with Gasteiger partial charge in [0.25, 0.3) is 0 Å². The predicted molar refractivity (Wildman–Crippen MR) is 106 cm³/mol. The molecule has 0 aromatic heterocycles. The minimum atomic E-state index is -1.62. The monoisotopic (exact) mass is 415 g/mol. The molecule has 4 heteroatoms. The van der Waals surface area contributed by atoms with Crippen LogP contribution >= 0.6 is 6.04 Å². The molecule has 0 amide bonds. The molecule has 2 aliphatic rings. The van der Waals surface area contributed by atoms with Crippen LogP contribution in [0.5, 0.6) is 0 Å². The summed E-state index contributed by atoms with van der Waals surface area (Å²) in [5.41, 5.74) is 5.72. The summed E-state index contributed by atoms with van der Waals surface area (Å²) in [6, 6.07) is 19.7. The Labute approximate surface area is 154 Å². The number of allylic oxidation sites excluding steroid dienone is 2. The summed E-state index contributed by atoms with van der Waals surface area (Å²) >= 11 is 6.95. The van der Waals surface area contributed by atoms with Gasteiger partial charge in [-0.25, -0.2) is 0 Å². The van der Waals surface area contributed by atoms with Crippen molar-refractivity contribution in [3.8, 4) is 6.07 Å². The topological polar surface area (TPSA) is 23.8 Å². The summed E-state index contributed by atoms with van der Waals surface area (Å²) in [5.74, 6) is 0. The van der Waals surface area contributed by atoms with Crippen LogP contribution in [-0.4, -0.2) is 25.2 Å². The van der Waals surface area contributed by atoms with Gasteiger partial charge in [0.05, 0.1) is 0 Å². The van der Waals surface area contributed by atoms with E-state index in [1.165, 1.54) is 16.4 Å². The number of hydrogen-bond donors (Lipinski definition) is 0. The van der Waals surface area contributed by atoms with Gasteiger partial charge in [-0.2, -0.15) is 0 Å². The van der Waals surface area contributed by atoms with E-state index in [0.29, 0.717) is 30.0 Å². The molecule has 1 nitrogen and oxygen atoms in total. The summed E-state index contributed by atoms with van der Waals surface area (Å²) in [6.07, 6.45) is 0. The van der Waals surface area contributed by atoms with Crippen LogP contribution in [0.1, 0.15) is 29.8 Å². The molecule has 4 atom stereocenters. The van der Waals surface area contributed by atoms with Crippen LogP contribution in [0.2, 0.25) is 0 Å². The molecule has 2 aromatic carbocycles. The van der Waals surface area contributed by atoms with Crippen LogP contribution in [0.4, 0.5) is 0 Å². The second kappa shape index (κ2) is 5.98. The molecular formula is C20H18NPSSe. The molecule has 1 saturated heterocycles. The first-order valence-corrected chi connectivity index (χ1v) is 13.0. The van der Waals surface area contributed by atoms with Gasteiger partial charge in [-0.15, -0.1) is 0 Å². The van der Waals surface area contributed by atoms with Crippen LogP contribution < -0.4 is 5.30 Å². The van der Waals surface area contributed by atoms with Crippen LogP contribution in [0, 0.1) is 11.3 Å². The molecule has 2 aromatic rings. The fraction of sp³-hybridized carbons (Fsp3) is 0.250. The number of nitriles is 1. The third-order valence-electron chi connectivity index (χ3n) is 5.29. The molecule has 0 N–H and O–H groups in total. The van der Waals surface area contributed by atoms with Gasteiger partial charge in [0.1, 0.15) is 0 Å². The van der Waals surface area contributed by atoms with Gasteiger partial charge in [0.15, 0.2) is 0 Å². The number of hydrogen-bond acceptors (Lipinski definition) is 2. The van der Waals surface area contributed by atoms with Crippen molar-refractivity contribution in [1.29, 1.82) is 5.26 Å². The normalized spacial score (nSPS) is 31.3. The Kier molecular flexibility index (Phi) is 4.06. The maximum absolute atomic E-state index is 9.04. The number of fused-ring (bicyclic) bond motifs is 2. The van der Waals surface area contributed by atoms with E-state index in [-0.39, 0.29) is 0 Å². The minimum absolute atomic E-state index is 0.494. The van der Waals surface area contributed by atoms with Crippen molar-refractivity contribution in [2.24, 2.45) is 0 Å². The average Bonchev–Trinajstić information content (AvgIpc) is 3.04. The van der Waals surface area contributed by atoms with Crippen LogP contribution in [0.3, 0.4) is 0 Å². The summed E-state index contributed by atoms with van der Waals surface area (Å²) in [7, 11) is 0. The first kappa shape index (κ1) is 16.3. The standard InChI is InChI=1S/C20H18NPSSe/c1-13-14(2)20-22(23,17-6-4-3-5-7-17)18(13)19(24-20)16-10-8-15(12-21)9-11-16/h3-11,18-20H,1-2H3/t18-,19+,20-,22?/m1/s1. The molecule has 1 unspecified atom stereocenters. The molecule has 2 aliphatic heterocycles. The van der Waals surface area contributed by atoms with E-state index in [0.717, 1.165) is 5.56 Å². The predicted octanol–water partition coefficient (Wildman–Crippen LogP) is 4.17. The van der Waals surface area contributed by atoms with Gasteiger partial charge in [0.2, 0.25) is 0 Å². The fourth-order valence-corrected chi connectivity index (χ4v) is 18.5. The molecule has 120 valence electrons. The van der Waals surface area contributed by atoms with Gasteiger partial charge in [-0.3, -0.25) is 0 Å². The molecule has 0 aliphatic carbocycles. The van der Waals surface area contributed by atoms with Crippen LogP contribution in [0.25, 0.3) is 0 Å². The molecule has 0 radical (unpaired) electrons.